The van der Waals surface area contributed by atoms with Crippen molar-refractivity contribution in [2.75, 3.05) is 13.2 Å². The van der Waals surface area contributed by atoms with Gasteiger partial charge >= 0.3 is 0 Å². The molecule has 0 radical (unpaired) electrons. The maximum atomic E-state index is 6.23. The fourth-order valence-electron chi connectivity index (χ4n) is 3.68. The molecule has 4 atom stereocenters. The van der Waals surface area contributed by atoms with Gasteiger partial charge in [0.1, 0.15) is 37.3 Å². The zero-order chi connectivity index (χ0) is 17.9. The Hall–Kier alpha value is -1.18. The predicted molar refractivity (Wildman–Crippen MR) is 89.2 cm³/mol. The molecular weight excluding hydrogens is 324 g/mol. The minimum atomic E-state index is -0.955. The van der Waals surface area contributed by atoms with Crippen LogP contribution < -0.4 is 4.74 Å². The highest BCUT2D eigenvalue weighted by Gasteiger charge is 2.67. The summed E-state index contributed by atoms with van der Waals surface area (Å²) >= 11 is 0. The number of fused-ring (bicyclic) bond motifs is 2. The molecule has 0 N–H and O–H groups in total. The van der Waals surface area contributed by atoms with E-state index in [0.717, 1.165) is 5.75 Å². The second-order valence-corrected chi connectivity index (χ2v) is 7.90. The van der Waals surface area contributed by atoms with Crippen LogP contribution in [0.3, 0.4) is 0 Å². The first-order chi connectivity index (χ1) is 11.7. The van der Waals surface area contributed by atoms with E-state index in [2.05, 4.69) is 0 Å². The van der Waals surface area contributed by atoms with E-state index in [0.29, 0.717) is 13.2 Å². The third-order valence-corrected chi connectivity index (χ3v) is 4.75. The molecule has 0 saturated carbocycles. The molecule has 25 heavy (non-hydrogen) atoms. The lowest BCUT2D eigenvalue weighted by atomic mass is 10.1. The van der Waals surface area contributed by atoms with E-state index in [1.807, 2.05) is 58.9 Å². The summed E-state index contributed by atoms with van der Waals surface area (Å²) in [5, 5.41) is 0. The summed E-state index contributed by atoms with van der Waals surface area (Å²) in [7, 11) is 0. The van der Waals surface area contributed by atoms with Gasteiger partial charge in [0.15, 0.2) is 11.6 Å². The maximum absolute atomic E-state index is 6.23. The molecule has 0 aromatic heterocycles. The van der Waals surface area contributed by atoms with Crippen LogP contribution in [0.25, 0.3) is 0 Å². The van der Waals surface area contributed by atoms with Crippen LogP contribution in [-0.2, 0) is 23.7 Å². The number of ether oxygens (including phenoxy) is 6. The van der Waals surface area contributed by atoms with E-state index in [1.165, 1.54) is 5.56 Å². The van der Waals surface area contributed by atoms with Gasteiger partial charge in [0, 0.05) is 0 Å². The molecule has 138 valence electrons. The van der Waals surface area contributed by atoms with Crippen LogP contribution in [0.1, 0.15) is 33.3 Å². The van der Waals surface area contributed by atoms with Gasteiger partial charge in [0.05, 0.1) is 0 Å². The van der Waals surface area contributed by atoms with E-state index in [1.54, 1.807) is 0 Å². The molecule has 0 aliphatic carbocycles. The molecule has 3 saturated heterocycles. The predicted octanol–water partition coefficient (Wildman–Crippen LogP) is 2.77. The second-order valence-electron chi connectivity index (χ2n) is 7.90. The molecule has 3 aliphatic heterocycles. The number of benzene rings is 1. The number of aryl methyl sites for hydroxylation is 1. The van der Waals surface area contributed by atoms with Crippen molar-refractivity contribution in [1.29, 1.82) is 0 Å². The van der Waals surface area contributed by atoms with Crippen molar-refractivity contribution < 1.29 is 28.4 Å². The summed E-state index contributed by atoms with van der Waals surface area (Å²) in [4.78, 5) is 0. The Morgan fingerprint density at radius 1 is 1.00 bits per heavy atom. The number of hydrogen-bond donors (Lipinski definition) is 0. The Balaban J connectivity index is 1.51. The van der Waals surface area contributed by atoms with Crippen molar-refractivity contribution in [2.24, 2.45) is 0 Å². The quantitative estimate of drug-likeness (QED) is 0.836. The molecule has 1 aromatic rings. The van der Waals surface area contributed by atoms with Crippen molar-refractivity contribution in [3.63, 3.8) is 0 Å². The average Bonchev–Trinajstić information content (AvgIpc) is 3.10. The minimum Gasteiger partial charge on any atom is -0.491 e. The van der Waals surface area contributed by atoms with Gasteiger partial charge in [-0.25, -0.2) is 0 Å². The maximum Gasteiger partial charge on any atom is 0.225 e. The molecule has 3 heterocycles. The van der Waals surface area contributed by atoms with Gasteiger partial charge in [-0.05, 0) is 46.8 Å². The molecule has 1 spiro atoms. The topological polar surface area (TPSA) is 55.4 Å². The monoisotopic (exact) mass is 350 g/mol. The van der Waals surface area contributed by atoms with Gasteiger partial charge in [0.25, 0.3) is 0 Å². The lowest BCUT2D eigenvalue weighted by molar-refractivity contribution is -0.297. The second kappa shape index (κ2) is 5.66. The highest BCUT2D eigenvalue weighted by molar-refractivity contribution is 5.26. The van der Waals surface area contributed by atoms with Crippen LogP contribution in [0, 0.1) is 6.92 Å². The van der Waals surface area contributed by atoms with Crippen LogP contribution in [-0.4, -0.2) is 48.9 Å². The molecular formula is C19H26O6. The first-order valence-corrected chi connectivity index (χ1v) is 8.75. The summed E-state index contributed by atoms with van der Waals surface area (Å²) < 4.78 is 36.2. The summed E-state index contributed by atoms with van der Waals surface area (Å²) in [5.41, 5.74) is 1.19. The highest BCUT2D eigenvalue weighted by atomic mass is 16.9. The SMILES string of the molecule is Cc1ccc(OC[C@H]2O[C@]3(COC(C)(C)O3)[C@@H]3OC(C)(C)O[C@@H]32)cc1. The van der Waals surface area contributed by atoms with Crippen molar-refractivity contribution in [2.45, 2.75) is 70.3 Å². The normalized spacial score (nSPS) is 38.2. The zero-order valence-electron chi connectivity index (χ0n) is 15.4. The van der Waals surface area contributed by atoms with Gasteiger partial charge in [0.2, 0.25) is 5.79 Å². The van der Waals surface area contributed by atoms with Crippen LogP contribution in [0.2, 0.25) is 0 Å². The Morgan fingerprint density at radius 2 is 1.72 bits per heavy atom. The summed E-state index contributed by atoms with van der Waals surface area (Å²) in [6, 6.07) is 7.94. The largest absolute Gasteiger partial charge is 0.491 e. The first kappa shape index (κ1) is 17.2. The molecule has 6 nitrogen and oxygen atoms in total. The summed E-state index contributed by atoms with van der Waals surface area (Å²) in [5.74, 6) is -1.56. The molecule has 6 heteroatoms. The fourth-order valence-corrected chi connectivity index (χ4v) is 3.68. The van der Waals surface area contributed by atoms with Crippen molar-refractivity contribution >= 4 is 0 Å². The standard InChI is InChI=1S/C19H26O6/c1-12-6-8-13(9-7-12)20-10-14-15-16(24-18(4,5)23-15)19(22-14)11-21-17(2,3)25-19/h6-9,14-16H,10-11H2,1-5H3/t14-,15-,16-,19+/m1/s1. The Bertz CT molecular complexity index is 640. The number of rotatable bonds is 3. The van der Waals surface area contributed by atoms with Gasteiger partial charge in [-0.3, -0.25) is 0 Å². The van der Waals surface area contributed by atoms with Crippen molar-refractivity contribution in [3.8, 4) is 5.75 Å². The van der Waals surface area contributed by atoms with Crippen LogP contribution in [0.5, 0.6) is 5.75 Å². The van der Waals surface area contributed by atoms with Crippen LogP contribution in [0.15, 0.2) is 24.3 Å². The average molecular weight is 350 g/mol. The van der Waals surface area contributed by atoms with Crippen LogP contribution >= 0.6 is 0 Å². The van der Waals surface area contributed by atoms with Crippen LogP contribution in [0.4, 0.5) is 0 Å². The number of hydrogen-bond acceptors (Lipinski definition) is 6. The van der Waals surface area contributed by atoms with Crippen molar-refractivity contribution in [1.82, 2.24) is 0 Å². The Labute approximate surface area is 148 Å². The van der Waals surface area contributed by atoms with Gasteiger partial charge in [-0.15, -0.1) is 0 Å². The highest BCUT2D eigenvalue weighted by Crippen LogP contribution is 2.49. The lowest BCUT2D eigenvalue weighted by Gasteiger charge is -2.30. The molecule has 0 unspecified atom stereocenters. The molecule has 0 amide bonds. The first-order valence-electron chi connectivity index (χ1n) is 8.75. The minimum absolute atomic E-state index is 0.266. The summed E-state index contributed by atoms with van der Waals surface area (Å²) in [6.45, 7) is 10.3. The Morgan fingerprint density at radius 3 is 2.36 bits per heavy atom. The van der Waals surface area contributed by atoms with E-state index in [-0.39, 0.29) is 18.3 Å². The third-order valence-electron chi connectivity index (χ3n) is 4.75. The molecule has 3 aliphatic rings. The Kier molecular flexibility index (Phi) is 3.90. The molecule has 3 fully saturated rings. The summed E-state index contributed by atoms with van der Waals surface area (Å²) in [6.07, 6.45) is -0.917. The van der Waals surface area contributed by atoms with E-state index < -0.39 is 17.4 Å². The van der Waals surface area contributed by atoms with Gasteiger partial charge < -0.3 is 28.4 Å². The van der Waals surface area contributed by atoms with Gasteiger partial charge in [-0.1, -0.05) is 17.7 Å². The molecule has 1 aromatic carbocycles. The van der Waals surface area contributed by atoms with Gasteiger partial charge in [-0.2, -0.15) is 0 Å². The zero-order valence-corrected chi connectivity index (χ0v) is 15.4. The fraction of sp³-hybridized carbons (Fsp3) is 0.684. The van der Waals surface area contributed by atoms with Crippen molar-refractivity contribution in [3.05, 3.63) is 29.8 Å². The van der Waals surface area contributed by atoms with E-state index in [9.17, 15) is 0 Å². The molecule has 0 bridgehead atoms. The van der Waals surface area contributed by atoms with E-state index >= 15 is 0 Å². The molecule has 4 rings (SSSR count). The lowest BCUT2D eigenvalue weighted by Crippen LogP contribution is -2.46. The third kappa shape index (κ3) is 3.17. The van der Waals surface area contributed by atoms with E-state index in [4.69, 9.17) is 28.4 Å². The smallest absolute Gasteiger partial charge is 0.225 e.